The van der Waals surface area contributed by atoms with Crippen LogP contribution in [-0.4, -0.2) is 43.8 Å². The van der Waals surface area contributed by atoms with Crippen molar-refractivity contribution in [2.24, 2.45) is 0 Å². The molecule has 4 rings (SSSR count). The molecule has 2 N–H and O–H groups in total. The van der Waals surface area contributed by atoms with E-state index in [2.05, 4.69) is 54.2 Å². The minimum absolute atomic E-state index is 0.0184. The van der Waals surface area contributed by atoms with Crippen LogP contribution in [0.15, 0.2) is 22.7 Å². The van der Waals surface area contributed by atoms with Crippen LogP contribution in [0.1, 0.15) is 66.8 Å². The molecule has 0 spiro atoms. The summed E-state index contributed by atoms with van der Waals surface area (Å²) < 4.78 is 2.37. The van der Waals surface area contributed by atoms with Gasteiger partial charge in [0.15, 0.2) is 5.16 Å². The molecule has 3 aromatic heterocycles. The van der Waals surface area contributed by atoms with Gasteiger partial charge in [-0.1, -0.05) is 37.1 Å². The highest BCUT2D eigenvalue weighted by Gasteiger charge is 2.25. The first-order chi connectivity index (χ1) is 14.5. The van der Waals surface area contributed by atoms with Gasteiger partial charge in [-0.2, -0.15) is 15.0 Å². The summed E-state index contributed by atoms with van der Waals surface area (Å²) in [5.74, 6) is 2.51. The number of nitrogen functional groups attached to an aromatic ring is 1. The van der Waals surface area contributed by atoms with Gasteiger partial charge in [-0.05, 0) is 31.2 Å². The first-order valence-electron chi connectivity index (χ1n) is 10.3. The van der Waals surface area contributed by atoms with Crippen molar-refractivity contribution in [2.45, 2.75) is 61.9 Å². The Balaban J connectivity index is 1.62. The van der Waals surface area contributed by atoms with E-state index in [0.717, 1.165) is 17.4 Å². The summed E-state index contributed by atoms with van der Waals surface area (Å²) in [6.07, 6.45) is 7.02. The molecule has 3 heterocycles. The number of nitrogens with two attached hydrogens (primary N) is 1. The SMILES string of the molecule is CC(Sc1nnc(Cc2cccs2)n1C1CCCCC1)c1nc(N)nc(N(C)C)n1. The van der Waals surface area contributed by atoms with Crippen molar-refractivity contribution in [3.05, 3.63) is 34.0 Å². The van der Waals surface area contributed by atoms with Crippen molar-refractivity contribution in [2.75, 3.05) is 24.7 Å². The fraction of sp³-hybridized carbons (Fsp3) is 0.550. The monoisotopic (exact) mass is 444 g/mol. The van der Waals surface area contributed by atoms with Gasteiger partial charge in [-0.3, -0.25) is 0 Å². The maximum absolute atomic E-state index is 5.92. The molecule has 1 saturated carbocycles. The van der Waals surface area contributed by atoms with Crippen molar-refractivity contribution < 1.29 is 0 Å². The third-order valence-corrected chi connectivity index (χ3v) is 7.22. The molecule has 0 aromatic carbocycles. The van der Waals surface area contributed by atoms with Crippen LogP contribution < -0.4 is 10.6 Å². The average molecular weight is 445 g/mol. The van der Waals surface area contributed by atoms with Gasteiger partial charge in [0.05, 0.1) is 5.25 Å². The molecule has 0 radical (unpaired) electrons. The number of hydrogen-bond acceptors (Lipinski definition) is 9. The van der Waals surface area contributed by atoms with E-state index in [1.54, 1.807) is 23.1 Å². The highest BCUT2D eigenvalue weighted by molar-refractivity contribution is 7.99. The summed E-state index contributed by atoms with van der Waals surface area (Å²) in [6.45, 7) is 2.08. The van der Waals surface area contributed by atoms with Gasteiger partial charge in [-0.15, -0.1) is 21.5 Å². The van der Waals surface area contributed by atoms with Gasteiger partial charge >= 0.3 is 0 Å². The molecule has 1 unspecified atom stereocenters. The molecule has 0 saturated heterocycles. The number of rotatable bonds is 7. The Hall–Kier alpha value is -2.20. The molecule has 3 aromatic rings. The molecule has 0 bridgehead atoms. The highest BCUT2D eigenvalue weighted by atomic mass is 32.2. The number of thioether (sulfide) groups is 1. The predicted octanol–water partition coefficient (Wildman–Crippen LogP) is 4.12. The molecule has 0 aliphatic heterocycles. The van der Waals surface area contributed by atoms with Gasteiger partial charge in [0.1, 0.15) is 11.6 Å². The third kappa shape index (κ3) is 4.75. The van der Waals surface area contributed by atoms with Gasteiger partial charge in [-0.25, -0.2) is 0 Å². The number of anilines is 2. The summed E-state index contributed by atoms with van der Waals surface area (Å²) in [7, 11) is 3.79. The Labute approximate surface area is 185 Å². The Morgan fingerprint density at radius 2 is 2.00 bits per heavy atom. The van der Waals surface area contributed by atoms with E-state index >= 15 is 0 Å². The second kappa shape index (κ2) is 9.30. The van der Waals surface area contributed by atoms with E-state index < -0.39 is 0 Å². The van der Waals surface area contributed by atoms with Crippen LogP contribution in [-0.2, 0) is 6.42 Å². The van der Waals surface area contributed by atoms with Crippen molar-refractivity contribution in [1.82, 2.24) is 29.7 Å². The van der Waals surface area contributed by atoms with Crippen molar-refractivity contribution in [3.8, 4) is 0 Å². The quantitative estimate of drug-likeness (QED) is 0.543. The molecule has 1 aliphatic rings. The van der Waals surface area contributed by atoms with E-state index in [0.29, 0.717) is 17.8 Å². The summed E-state index contributed by atoms with van der Waals surface area (Å²) >= 11 is 3.41. The fourth-order valence-corrected chi connectivity index (χ4v) is 5.46. The van der Waals surface area contributed by atoms with Crippen LogP contribution in [0.5, 0.6) is 0 Å². The van der Waals surface area contributed by atoms with E-state index in [9.17, 15) is 0 Å². The van der Waals surface area contributed by atoms with Crippen LogP contribution in [0.2, 0.25) is 0 Å². The number of thiophene rings is 1. The minimum atomic E-state index is -0.0184. The lowest BCUT2D eigenvalue weighted by atomic mass is 9.95. The number of nitrogens with zero attached hydrogens (tertiary/aromatic N) is 7. The molecule has 1 aliphatic carbocycles. The molecular weight excluding hydrogens is 416 g/mol. The van der Waals surface area contributed by atoms with E-state index in [1.807, 2.05) is 19.0 Å². The van der Waals surface area contributed by atoms with E-state index in [-0.39, 0.29) is 11.2 Å². The standard InChI is InChI=1S/C20H28N8S2/c1-13(17-22-18(21)24-19(23-17)27(2)3)30-20-26-25-16(12-15-10-7-11-29-15)28(20)14-8-5-4-6-9-14/h7,10-11,13-14H,4-6,8-9,12H2,1-3H3,(H2,21,22,23,24). The summed E-state index contributed by atoms with van der Waals surface area (Å²) in [5.41, 5.74) is 5.92. The van der Waals surface area contributed by atoms with Crippen LogP contribution in [0.25, 0.3) is 0 Å². The lowest BCUT2D eigenvalue weighted by molar-refractivity contribution is 0.330. The van der Waals surface area contributed by atoms with Crippen molar-refractivity contribution in [1.29, 1.82) is 0 Å². The topological polar surface area (TPSA) is 98.6 Å². The van der Waals surface area contributed by atoms with Gasteiger partial charge in [0.25, 0.3) is 0 Å². The molecule has 0 amide bonds. The zero-order chi connectivity index (χ0) is 21.1. The average Bonchev–Trinajstić information content (AvgIpc) is 3.38. The zero-order valence-corrected chi connectivity index (χ0v) is 19.3. The summed E-state index contributed by atoms with van der Waals surface area (Å²) in [5, 5.41) is 12.2. The van der Waals surface area contributed by atoms with Gasteiger partial charge in [0.2, 0.25) is 11.9 Å². The maximum Gasteiger partial charge on any atom is 0.229 e. The Morgan fingerprint density at radius 3 is 2.70 bits per heavy atom. The van der Waals surface area contributed by atoms with Crippen LogP contribution in [0.3, 0.4) is 0 Å². The van der Waals surface area contributed by atoms with E-state index in [1.165, 1.54) is 37.0 Å². The summed E-state index contributed by atoms with van der Waals surface area (Å²) in [4.78, 5) is 16.3. The lowest BCUT2D eigenvalue weighted by Crippen LogP contribution is -2.18. The second-order valence-corrected chi connectivity index (χ2v) is 10.2. The normalized spacial score (nSPS) is 16.0. The summed E-state index contributed by atoms with van der Waals surface area (Å²) in [6, 6.07) is 4.71. The Bertz CT molecular complexity index is 963. The lowest BCUT2D eigenvalue weighted by Gasteiger charge is -2.26. The molecular formula is C20H28N8S2. The Kier molecular flexibility index (Phi) is 6.52. The number of aromatic nitrogens is 6. The highest BCUT2D eigenvalue weighted by Crippen LogP contribution is 2.38. The zero-order valence-electron chi connectivity index (χ0n) is 17.7. The third-order valence-electron chi connectivity index (χ3n) is 5.29. The largest absolute Gasteiger partial charge is 0.368 e. The smallest absolute Gasteiger partial charge is 0.229 e. The second-order valence-electron chi connectivity index (χ2n) is 7.82. The van der Waals surface area contributed by atoms with E-state index in [4.69, 9.17) is 5.73 Å². The predicted molar refractivity (Wildman–Crippen MR) is 122 cm³/mol. The maximum atomic E-state index is 5.92. The molecule has 30 heavy (non-hydrogen) atoms. The van der Waals surface area contributed by atoms with Gasteiger partial charge < -0.3 is 15.2 Å². The van der Waals surface area contributed by atoms with Crippen LogP contribution in [0.4, 0.5) is 11.9 Å². The minimum Gasteiger partial charge on any atom is -0.368 e. The molecule has 160 valence electrons. The first-order valence-corrected chi connectivity index (χ1v) is 12.1. The fourth-order valence-electron chi connectivity index (χ4n) is 3.77. The first kappa shape index (κ1) is 21.0. The molecule has 10 heteroatoms. The van der Waals surface area contributed by atoms with Crippen molar-refractivity contribution in [3.63, 3.8) is 0 Å². The van der Waals surface area contributed by atoms with Gasteiger partial charge in [0, 0.05) is 31.4 Å². The molecule has 1 fully saturated rings. The Morgan fingerprint density at radius 1 is 1.20 bits per heavy atom. The van der Waals surface area contributed by atoms with Crippen molar-refractivity contribution >= 4 is 35.0 Å². The van der Waals surface area contributed by atoms with Crippen LogP contribution in [0, 0.1) is 0 Å². The molecule has 8 nitrogen and oxygen atoms in total. The molecule has 1 atom stereocenters. The number of hydrogen-bond donors (Lipinski definition) is 1. The van der Waals surface area contributed by atoms with Crippen LogP contribution >= 0.6 is 23.1 Å².